The average Bonchev–Trinajstić information content (AvgIpc) is 2.53. The van der Waals surface area contributed by atoms with Crippen LogP contribution in [0.5, 0.6) is 0 Å². The molecule has 23 heavy (non-hydrogen) atoms. The molecule has 1 aliphatic rings. The molecule has 2 rings (SSSR count). The van der Waals surface area contributed by atoms with Crippen molar-refractivity contribution in [2.45, 2.75) is 31.2 Å². The molecule has 3 atom stereocenters. The molecule has 1 amide bonds. The second kappa shape index (κ2) is 7.84. The van der Waals surface area contributed by atoms with Gasteiger partial charge in [-0.1, -0.05) is 19.1 Å². The van der Waals surface area contributed by atoms with Crippen molar-refractivity contribution >= 4 is 29.3 Å². The van der Waals surface area contributed by atoms with Crippen molar-refractivity contribution in [1.82, 2.24) is 4.90 Å². The Balaban J connectivity index is 2.05. The molecule has 5 nitrogen and oxygen atoms in total. The number of benzene rings is 1. The number of amides is 1. The zero-order valence-electron chi connectivity index (χ0n) is 13.8. The summed E-state index contributed by atoms with van der Waals surface area (Å²) in [5.74, 6) is -0.988. The number of aliphatic carboxylic acids is 1. The Hall–Kier alpha value is -1.53. The van der Waals surface area contributed by atoms with Crippen molar-refractivity contribution in [3.8, 4) is 0 Å². The fourth-order valence-corrected chi connectivity index (χ4v) is 3.59. The largest absolute Gasteiger partial charge is 0.481 e. The monoisotopic (exact) mass is 336 g/mol. The number of carboxylic acid groups (broad SMARTS) is 1. The number of rotatable bonds is 5. The molecule has 1 heterocycles. The van der Waals surface area contributed by atoms with Gasteiger partial charge in [-0.3, -0.25) is 14.5 Å². The Kier molecular flexibility index (Phi) is 6.07. The van der Waals surface area contributed by atoms with Gasteiger partial charge in [-0.2, -0.15) is 0 Å². The zero-order chi connectivity index (χ0) is 17.0. The van der Waals surface area contributed by atoms with Crippen LogP contribution in [-0.2, 0) is 9.59 Å². The maximum Gasteiger partial charge on any atom is 0.307 e. The third kappa shape index (κ3) is 4.48. The maximum absolute atomic E-state index is 12.6. The van der Waals surface area contributed by atoms with Gasteiger partial charge in [0.25, 0.3) is 0 Å². The molecule has 1 aromatic rings. The Morgan fingerprint density at radius 3 is 2.70 bits per heavy atom. The van der Waals surface area contributed by atoms with E-state index in [0.29, 0.717) is 13.0 Å². The molecule has 0 aliphatic carbocycles. The van der Waals surface area contributed by atoms with E-state index in [4.69, 9.17) is 0 Å². The number of carbonyl (C=O) groups excluding carboxylic acids is 1. The van der Waals surface area contributed by atoms with E-state index in [2.05, 4.69) is 5.32 Å². The molecule has 126 valence electrons. The summed E-state index contributed by atoms with van der Waals surface area (Å²) in [7, 11) is 0. The van der Waals surface area contributed by atoms with E-state index in [-0.39, 0.29) is 17.9 Å². The van der Waals surface area contributed by atoms with E-state index in [1.54, 1.807) is 11.8 Å². The molecular weight excluding hydrogens is 312 g/mol. The lowest BCUT2D eigenvalue weighted by atomic mass is 9.89. The highest BCUT2D eigenvalue weighted by molar-refractivity contribution is 7.98. The summed E-state index contributed by atoms with van der Waals surface area (Å²) in [5, 5.41) is 12.2. The number of para-hydroxylation sites is 1. The van der Waals surface area contributed by atoms with Crippen LogP contribution in [0, 0.1) is 11.8 Å². The van der Waals surface area contributed by atoms with Crippen LogP contribution in [-0.4, -0.2) is 47.3 Å². The summed E-state index contributed by atoms with van der Waals surface area (Å²) in [5.41, 5.74) is 0.802. The fourth-order valence-electron chi connectivity index (χ4n) is 3.04. The molecule has 0 saturated carbocycles. The van der Waals surface area contributed by atoms with E-state index in [1.165, 1.54) is 0 Å². The first-order valence-corrected chi connectivity index (χ1v) is 9.05. The molecule has 6 heteroatoms. The Labute approximate surface area is 141 Å². The van der Waals surface area contributed by atoms with Crippen LogP contribution in [0.3, 0.4) is 0 Å². The van der Waals surface area contributed by atoms with Gasteiger partial charge in [-0.25, -0.2) is 0 Å². The highest BCUT2D eigenvalue weighted by Gasteiger charge is 2.33. The first-order valence-electron chi connectivity index (χ1n) is 7.83. The first kappa shape index (κ1) is 17.8. The summed E-state index contributed by atoms with van der Waals surface area (Å²) >= 11 is 1.58. The van der Waals surface area contributed by atoms with Gasteiger partial charge in [0.1, 0.15) is 0 Å². The number of hydrogen-bond acceptors (Lipinski definition) is 4. The predicted molar refractivity (Wildman–Crippen MR) is 92.8 cm³/mol. The minimum atomic E-state index is -0.776. The second-order valence-electron chi connectivity index (χ2n) is 6.20. The van der Waals surface area contributed by atoms with E-state index in [0.717, 1.165) is 17.1 Å². The lowest BCUT2D eigenvalue weighted by Crippen LogP contribution is -2.50. The molecule has 3 unspecified atom stereocenters. The quantitative estimate of drug-likeness (QED) is 0.809. The highest BCUT2D eigenvalue weighted by atomic mass is 32.2. The van der Waals surface area contributed by atoms with Crippen LogP contribution < -0.4 is 5.32 Å². The molecule has 0 bridgehead atoms. The van der Waals surface area contributed by atoms with Gasteiger partial charge in [0.15, 0.2) is 0 Å². The summed E-state index contributed by atoms with van der Waals surface area (Å²) in [6.07, 6.45) is 2.65. The van der Waals surface area contributed by atoms with Crippen molar-refractivity contribution < 1.29 is 14.7 Å². The molecule has 1 saturated heterocycles. The highest BCUT2D eigenvalue weighted by Crippen LogP contribution is 2.26. The van der Waals surface area contributed by atoms with Gasteiger partial charge < -0.3 is 10.4 Å². The summed E-state index contributed by atoms with van der Waals surface area (Å²) in [4.78, 5) is 26.8. The van der Waals surface area contributed by atoms with E-state index >= 15 is 0 Å². The molecule has 0 aromatic heterocycles. The van der Waals surface area contributed by atoms with E-state index < -0.39 is 11.9 Å². The van der Waals surface area contributed by atoms with Gasteiger partial charge in [-0.15, -0.1) is 11.8 Å². The van der Waals surface area contributed by atoms with Crippen molar-refractivity contribution in [2.24, 2.45) is 11.8 Å². The number of nitrogens with one attached hydrogen (secondary N) is 1. The molecular formula is C17H24N2O3S. The van der Waals surface area contributed by atoms with Gasteiger partial charge in [0.2, 0.25) is 5.91 Å². The van der Waals surface area contributed by atoms with Crippen molar-refractivity contribution in [2.75, 3.05) is 24.7 Å². The van der Waals surface area contributed by atoms with Crippen LogP contribution in [0.15, 0.2) is 29.2 Å². The molecule has 2 N–H and O–H groups in total. The number of thioether (sulfide) groups is 1. The number of hydrogen-bond donors (Lipinski definition) is 2. The minimum Gasteiger partial charge on any atom is -0.481 e. The lowest BCUT2D eigenvalue weighted by Gasteiger charge is -2.37. The van der Waals surface area contributed by atoms with Crippen LogP contribution in [0.1, 0.15) is 20.3 Å². The van der Waals surface area contributed by atoms with E-state index in [9.17, 15) is 14.7 Å². The standard InChI is InChI=1S/C17H24N2O3S/c1-11-8-13(17(21)22)10-19(9-11)12(2)16(20)18-14-6-4-5-7-15(14)23-3/h4-7,11-13H,8-10H2,1-3H3,(H,18,20)(H,21,22). The number of carboxylic acids is 1. The molecule has 1 aliphatic heterocycles. The second-order valence-corrected chi connectivity index (χ2v) is 7.04. The van der Waals surface area contributed by atoms with Gasteiger partial charge in [0.05, 0.1) is 17.6 Å². The number of piperidine rings is 1. The average molecular weight is 336 g/mol. The Morgan fingerprint density at radius 1 is 1.35 bits per heavy atom. The summed E-state index contributed by atoms with van der Waals surface area (Å²) in [6.45, 7) is 5.06. The molecule has 1 aromatic carbocycles. The fraction of sp³-hybridized carbons (Fsp3) is 0.529. The van der Waals surface area contributed by atoms with Gasteiger partial charge in [0, 0.05) is 18.0 Å². The topological polar surface area (TPSA) is 69.6 Å². The van der Waals surface area contributed by atoms with Gasteiger partial charge in [-0.05, 0) is 37.7 Å². The maximum atomic E-state index is 12.6. The van der Waals surface area contributed by atoms with Crippen molar-refractivity contribution in [1.29, 1.82) is 0 Å². The lowest BCUT2D eigenvalue weighted by molar-refractivity contribution is -0.145. The van der Waals surface area contributed by atoms with Crippen molar-refractivity contribution in [3.05, 3.63) is 24.3 Å². The SMILES string of the molecule is CSc1ccccc1NC(=O)C(C)N1CC(C)CC(C(=O)O)C1. The number of likely N-dealkylation sites (tertiary alicyclic amines) is 1. The third-order valence-corrected chi connectivity index (χ3v) is 5.13. The third-order valence-electron chi connectivity index (χ3n) is 4.33. The van der Waals surface area contributed by atoms with Crippen LogP contribution >= 0.6 is 11.8 Å². The van der Waals surface area contributed by atoms with Crippen molar-refractivity contribution in [3.63, 3.8) is 0 Å². The Morgan fingerprint density at radius 2 is 2.04 bits per heavy atom. The normalized spacial score (nSPS) is 23.3. The minimum absolute atomic E-state index is 0.0928. The summed E-state index contributed by atoms with van der Waals surface area (Å²) < 4.78 is 0. The van der Waals surface area contributed by atoms with E-state index in [1.807, 2.05) is 49.3 Å². The molecule has 1 fully saturated rings. The summed E-state index contributed by atoms with van der Waals surface area (Å²) in [6, 6.07) is 7.33. The zero-order valence-corrected chi connectivity index (χ0v) is 14.6. The first-order chi connectivity index (χ1) is 10.9. The predicted octanol–water partition coefficient (Wildman–Crippen LogP) is 2.78. The van der Waals surface area contributed by atoms with Gasteiger partial charge >= 0.3 is 5.97 Å². The van der Waals surface area contributed by atoms with Crippen LogP contribution in [0.25, 0.3) is 0 Å². The van der Waals surface area contributed by atoms with Crippen LogP contribution in [0.2, 0.25) is 0 Å². The number of nitrogens with zero attached hydrogens (tertiary/aromatic N) is 1. The molecule has 0 spiro atoms. The molecule has 0 radical (unpaired) electrons. The number of anilines is 1. The number of carbonyl (C=O) groups is 2. The van der Waals surface area contributed by atoms with Crippen LogP contribution in [0.4, 0.5) is 5.69 Å². The smallest absolute Gasteiger partial charge is 0.307 e. The Bertz CT molecular complexity index is 579.